The van der Waals surface area contributed by atoms with E-state index in [2.05, 4.69) is 20.7 Å². The molecule has 0 spiro atoms. The van der Waals surface area contributed by atoms with Gasteiger partial charge in [-0.25, -0.2) is 0 Å². The number of nitrogen functional groups attached to an aromatic ring is 1. The average Bonchev–Trinajstić information content (AvgIpc) is 2.47. The molecule has 2 aromatic rings. The molecule has 0 radical (unpaired) electrons. The Kier molecular flexibility index (Phi) is 3.29. The molecule has 6 nitrogen and oxygen atoms in total. The molecule has 0 saturated carbocycles. The van der Waals surface area contributed by atoms with Crippen LogP contribution in [-0.2, 0) is 0 Å². The van der Waals surface area contributed by atoms with Crippen molar-refractivity contribution in [3.05, 3.63) is 42.0 Å². The molecule has 3 rings (SSSR count). The fourth-order valence-electron chi connectivity index (χ4n) is 2.33. The summed E-state index contributed by atoms with van der Waals surface area (Å²) in [5.74, 6) is 0.482. The summed E-state index contributed by atoms with van der Waals surface area (Å²) in [6.45, 7) is 4.02. The molecule has 0 fully saturated rings. The van der Waals surface area contributed by atoms with Crippen LogP contribution in [0.15, 0.2) is 41.5 Å². The number of anilines is 1. The van der Waals surface area contributed by atoms with Crippen LogP contribution in [0.1, 0.15) is 19.4 Å². The number of hydrogen-bond donors (Lipinski definition) is 3. The zero-order chi connectivity index (χ0) is 15.7. The van der Waals surface area contributed by atoms with Crippen molar-refractivity contribution in [2.75, 3.05) is 5.73 Å². The predicted molar refractivity (Wildman–Crippen MR) is 87.2 cm³/mol. The Bertz CT molecular complexity index is 780. The monoisotopic (exact) mass is 295 g/mol. The highest BCUT2D eigenvalue weighted by Gasteiger charge is 2.20. The molecule has 1 aliphatic heterocycles. The largest absolute Gasteiger partial charge is 0.507 e. The van der Waals surface area contributed by atoms with Gasteiger partial charge in [-0.3, -0.25) is 0 Å². The molecular formula is C16H17N5O. The van der Waals surface area contributed by atoms with E-state index in [1.54, 1.807) is 24.4 Å². The molecule has 1 aromatic heterocycles. The number of nitrogens with one attached hydrogen (secondary N) is 1. The van der Waals surface area contributed by atoms with Gasteiger partial charge in [0.1, 0.15) is 5.75 Å². The van der Waals surface area contributed by atoms with E-state index in [9.17, 15) is 5.11 Å². The van der Waals surface area contributed by atoms with Crippen LogP contribution in [0.3, 0.4) is 0 Å². The number of aromatic nitrogens is 2. The maximum Gasteiger partial charge on any atom is 0.154 e. The van der Waals surface area contributed by atoms with Gasteiger partial charge in [-0.1, -0.05) is 12.1 Å². The van der Waals surface area contributed by atoms with Crippen molar-refractivity contribution in [2.24, 2.45) is 5.10 Å². The van der Waals surface area contributed by atoms with Crippen molar-refractivity contribution in [3.63, 3.8) is 0 Å². The first-order chi connectivity index (χ1) is 10.5. The van der Waals surface area contributed by atoms with E-state index in [0.717, 1.165) is 11.1 Å². The molecule has 0 atom stereocenters. The Morgan fingerprint density at radius 3 is 2.64 bits per heavy atom. The number of rotatable bonds is 2. The molecule has 6 heteroatoms. The lowest BCUT2D eigenvalue weighted by molar-refractivity contribution is 0.477. The lowest BCUT2D eigenvalue weighted by Gasteiger charge is -2.25. The van der Waals surface area contributed by atoms with Gasteiger partial charge in [0.2, 0.25) is 0 Å². The number of nitrogens with zero attached hydrogens (tertiary/aromatic N) is 3. The summed E-state index contributed by atoms with van der Waals surface area (Å²) in [6, 6.07) is 8.81. The van der Waals surface area contributed by atoms with E-state index in [-0.39, 0.29) is 11.3 Å². The van der Waals surface area contributed by atoms with Crippen LogP contribution in [0.5, 0.6) is 5.75 Å². The minimum atomic E-state index is -0.269. The van der Waals surface area contributed by atoms with E-state index in [4.69, 9.17) is 5.73 Å². The van der Waals surface area contributed by atoms with Crippen molar-refractivity contribution in [2.45, 2.75) is 19.4 Å². The lowest BCUT2D eigenvalue weighted by atomic mass is 9.96. The maximum atomic E-state index is 9.97. The molecule has 22 heavy (non-hydrogen) atoms. The van der Waals surface area contributed by atoms with Crippen LogP contribution < -0.4 is 11.2 Å². The van der Waals surface area contributed by atoms with Crippen LogP contribution in [0.25, 0.3) is 16.8 Å². The zero-order valence-electron chi connectivity index (χ0n) is 12.4. The molecule has 1 aromatic carbocycles. The SMILES string of the molecule is CC1(C)C=C(c2cc(-c3ccccc3O)nnc2N)C=NN1. The zero-order valence-corrected chi connectivity index (χ0v) is 12.4. The molecule has 0 bridgehead atoms. The van der Waals surface area contributed by atoms with Gasteiger partial charge in [0.05, 0.1) is 17.4 Å². The van der Waals surface area contributed by atoms with Crippen LogP contribution >= 0.6 is 0 Å². The number of aromatic hydroxyl groups is 1. The van der Waals surface area contributed by atoms with E-state index in [1.807, 2.05) is 32.1 Å². The van der Waals surface area contributed by atoms with Crippen molar-refractivity contribution < 1.29 is 5.11 Å². The highest BCUT2D eigenvalue weighted by Crippen LogP contribution is 2.31. The predicted octanol–water partition coefficient (Wildman–Crippen LogP) is 2.18. The second-order valence-corrected chi connectivity index (χ2v) is 5.74. The first kappa shape index (κ1) is 14.1. The Morgan fingerprint density at radius 1 is 1.14 bits per heavy atom. The van der Waals surface area contributed by atoms with Crippen molar-refractivity contribution in [3.8, 4) is 17.0 Å². The van der Waals surface area contributed by atoms with Crippen molar-refractivity contribution in [1.29, 1.82) is 0 Å². The number of benzene rings is 1. The summed E-state index contributed by atoms with van der Waals surface area (Å²) in [4.78, 5) is 0. The minimum Gasteiger partial charge on any atom is -0.507 e. The third-order valence-electron chi connectivity index (χ3n) is 3.39. The van der Waals surface area contributed by atoms with Crippen molar-refractivity contribution in [1.82, 2.24) is 15.6 Å². The summed E-state index contributed by atoms with van der Waals surface area (Å²) < 4.78 is 0. The van der Waals surface area contributed by atoms with Gasteiger partial charge in [0.15, 0.2) is 5.82 Å². The molecule has 2 heterocycles. The average molecular weight is 295 g/mol. The molecule has 0 amide bonds. The topological polar surface area (TPSA) is 96.4 Å². The quantitative estimate of drug-likeness (QED) is 0.789. The first-order valence-electron chi connectivity index (χ1n) is 6.91. The summed E-state index contributed by atoms with van der Waals surface area (Å²) in [5, 5.41) is 22.2. The van der Waals surface area contributed by atoms with Gasteiger partial charge < -0.3 is 16.3 Å². The second kappa shape index (κ2) is 5.14. The van der Waals surface area contributed by atoms with Gasteiger partial charge >= 0.3 is 0 Å². The van der Waals surface area contributed by atoms with Gasteiger partial charge in [-0.15, -0.1) is 10.2 Å². The number of phenolic OH excluding ortho intramolecular Hbond substituents is 1. The number of allylic oxidation sites excluding steroid dienone is 1. The highest BCUT2D eigenvalue weighted by atomic mass is 16.3. The van der Waals surface area contributed by atoms with Gasteiger partial charge in [0, 0.05) is 16.7 Å². The number of hydrazone groups is 1. The van der Waals surface area contributed by atoms with Crippen LogP contribution in [0.2, 0.25) is 0 Å². The van der Waals surface area contributed by atoms with Crippen LogP contribution in [-0.4, -0.2) is 27.1 Å². The molecule has 112 valence electrons. The normalized spacial score (nSPS) is 16.0. The van der Waals surface area contributed by atoms with Gasteiger partial charge in [-0.05, 0) is 38.1 Å². The molecular weight excluding hydrogens is 278 g/mol. The Morgan fingerprint density at radius 2 is 1.91 bits per heavy atom. The first-order valence-corrected chi connectivity index (χ1v) is 6.91. The molecule has 0 saturated heterocycles. The minimum absolute atomic E-state index is 0.154. The van der Waals surface area contributed by atoms with E-state index in [0.29, 0.717) is 17.1 Å². The summed E-state index contributed by atoms with van der Waals surface area (Å²) in [6.07, 6.45) is 3.73. The highest BCUT2D eigenvalue weighted by molar-refractivity contribution is 6.12. The second-order valence-electron chi connectivity index (χ2n) is 5.74. The smallest absolute Gasteiger partial charge is 0.154 e. The summed E-state index contributed by atoms with van der Waals surface area (Å²) in [7, 11) is 0. The fraction of sp³-hybridized carbons (Fsp3) is 0.188. The number of phenols is 1. The molecule has 1 aliphatic rings. The molecule has 4 N–H and O–H groups in total. The molecule has 0 unspecified atom stereocenters. The Labute approximate surface area is 128 Å². The van der Waals surface area contributed by atoms with Crippen molar-refractivity contribution >= 4 is 17.6 Å². The van der Waals surface area contributed by atoms with E-state index < -0.39 is 0 Å². The third kappa shape index (κ3) is 2.63. The third-order valence-corrected chi connectivity index (χ3v) is 3.39. The Hall–Kier alpha value is -2.89. The Balaban J connectivity index is 2.11. The van der Waals surface area contributed by atoms with E-state index in [1.165, 1.54) is 0 Å². The maximum absolute atomic E-state index is 9.97. The van der Waals surface area contributed by atoms with Crippen LogP contribution in [0, 0.1) is 0 Å². The van der Waals surface area contributed by atoms with Gasteiger partial charge in [-0.2, -0.15) is 5.10 Å². The number of nitrogens with two attached hydrogens (primary N) is 1. The summed E-state index contributed by atoms with van der Waals surface area (Å²) in [5.41, 5.74) is 11.5. The molecule has 0 aliphatic carbocycles. The van der Waals surface area contributed by atoms with E-state index >= 15 is 0 Å². The fourth-order valence-corrected chi connectivity index (χ4v) is 2.33. The standard InChI is InChI=1S/C16H17N5O/c1-16(2)8-10(9-18-21-16)12-7-13(19-20-15(12)17)11-5-3-4-6-14(11)22/h3-9,21-22H,1-2H3,(H2,17,20). The van der Waals surface area contributed by atoms with Crippen LogP contribution in [0.4, 0.5) is 5.82 Å². The summed E-state index contributed by atoms with van der Waals surface area (Å²) >= 11 is 0. The lowest BCUT2D eigenvalue weighted by Crippen LogP contribution is -2.35. The number of hydrogen-bond acceptors (Lipinski definition) is 6. The number of para-hydroxylation sites is 1. The van der Waals surface area contributed by atoms with Gasteiger partial charge in [0.25, 0.3) is 0 Å².